The van der Waals surface area contributed by atoms with Crippen molar-refractivity contribution in [2.45, 2.75) is 63.2 Å². The lowest BCUT2D eigenvalue weighted by Gasteiger charge is -2.25. The first kappa shape index (κ1) is 43.5. The van der Waals surface area contributed by atoms with E-state index >= 15 is 0 Å². The number of hydrogen-bond acceptors (Lipinski definition) is 11. The third-order valence-electron chi connectivity index (χ3n) is 8.02. The third-order valence-corrected chi connectivity index (χ3v) is 8.02. The number of amides is 10. The monoisotopic (exact) mass is 782 g/mol. The molecule has 12 N–H and O–H groups in total. The number of carbonyl (C=O) groups excluding carboxylic acids is 10. The average Bonchev–Trinajstić information content (AvgIpc) is 3.68. The number of rotatable bonds is 10. The fraction of sp³-hybridized carbons (Fsp3) is 0.441. The van der Waals surface area contributed by atoms with E-state index in [4.69, 9.17) is 5.73 Å². The van der Waals surface area contributed by atoms with Crippen molar-refractivity contribution in [1.29, 1.82) is 0 Å². The Morgan fingerprint density at radius 3 is 2.12 bits per heavy atom. The molecule has 1 aromatic heterocycles. The molecule has 1 saturated heterocycles. The van der Waals surface area contributed by atoms with Crippen molar-refractivity contribution in [3.8, 4) is 0 Å². The molecule has 56 heavy (non-hydrogen) atoms. The molecule has 0 bridgehead atoms. The molecule has 1 aromatic carbocycles. The zero-order valence-corrected chi connectivity index (χ0v) is 30.5. The number of nitrogens with two attached hydrogens (primary N) is 1. The highest BCUT2D eigenvalue weighted by Gasteiger charge is 2.31. The van der Waals surface area contributed by atoms with Gasteiger partial charge in [0, 0.05) is 51.9 Å². The van der Waals surface area contributed by atoms with E-state index in [0.717, 1.165) is 0 Å². The van der Waals surface area contributed by atoms with Crippen molar-refractivity contribution in [3.63, 3.8) is 0 Å². The predicted octanol–water partition coefficient (Wildman–Crippen LogP) is -5.60. The van der Waals surface area contributed by atoms with Crippen LogP contribution >= 0.6 is 0 Å². The van der Waals surface area contributed by atoms with Crippen LogP contribution in [-0.4, -0.2) is 126 Å². The van der Waals surface area contributed by atoms with Crippen molar-refractivity contribution < 1.29 is 47.9 Å². The van der Waals surface area contributed by atoms with Crippen LogP contribution in [0.2, 0.25) is 0 Å². The van der Waals surface area contributed by atoms with Crippen molar-refractivity contribution in [2.75, 3.05) is 32.7 Å². The minimum atomic E-state index is -1.49. The van der Waals surface area contributed by atoms with Crippen molar-refractivity contribution >= 4 is 59.1 Å². The summed E-state index contributed by atoms with van der Waals surface area (Å²) in [5.74, 6) is -7.68. The van der Waals surface area contributed by atoms with Crippen LogP contribution in [0.25, 0.3) is 0 Å². The molecular weight excluding hydrogens is 736 g/mol. The van der Waals surface area contributed by atoms with Gasteiger partial charge in [-0.3, -0.25) is 47.9 Å². The van der Waals surface area contributed by atoms with Crippen LogP contribution in [0.5, 0.6) is 0 Å². The first-order chi connectivity index (χ1) is 26.7. The lowest BCUT2D eigenvalue weighted by molar-refractivity contribution is -0.134. The molecule has 22 nitrogen and oxygen atoms in total. The van der Waals surface area contributed by atoms with Crippen molar-refractivity contribution in [3.05, 3.63) is 54.1 Å². The van der Waals surface area contributed by atoms with Gasteiger partial charge >= 0.3 is 0 Å². The second-order valence-electron chi connectivity index (χ2n) is 12.6. The van der Waals surface area contributed by atoms with Crippen LogP contribution in [0.1, 0.15) is 37.4 Å². The van der Waals surface area contributed by atoms with Gasteiger partial charge in [0.25, 0.3) is 0 Å². The first-order valence-corrected chi connectivity index (χ1v) is 17.5. The van der Waals surface area contributed by atoms with E-state index in [1.807, 2.05) is 0 Å². The van der Waals surface area contributed by atoms with Crippen LogP contribution in [0.15, 0.2) is 42.9 Å². The number of primary amides is 1. The molecule has 1 fully saturated rings. The molecule has 0 unspecified atom stereocenters. The smallest absolute Gasteiger partial charge is 0.245 e. The Labute approximate surface area is 320 Å². The van der Waals surface area contributed by atoms with Gasteiger partial charge in [0.15, 0.2) is 0 Å². The van der Waals surface area contributed by atoms with E-state index in [9.17, 15) is 47.9 Å². The number of nitrogens with zero attached hydrogens (tertiary/aromatic N) is 1. The second-order valence-corrected chi connectivity index (χ2v) is 12.6. The van der Waals surface area contributed by atoms with Gasteiger partial charge in [-0.15, -0.1) is 0 Å². The molecule has 0 radical (unpaired) electrons. The highest BCUT2D eigenvalue weighted by Crippen LogP contribution is 2.07. The van der Waals surface area contributed by atoms with Gasteiger partial charge in [0.1, 0.15) is 24.2 Å². The van der Waals surface area contributed by atoms with E-state index in [-0.39, 0.29) is 38.6 Å². The fourth-order valence-corrected chi connectivity index (χ4v) is 5.16. The van der Waals surface area contributed by atoms with E-state index in [1.54, 1.807) is 30.3 Å². The summed E-state index contributed by atoms with van der Waals surface area (Å²) >= 11 is 0. The molecule has 22 heteroatoms. The highest BCUT2D eigenvalue weighted by atomic mass is 16.2. The number of imidazole rings is 1. The second kappa shape index (κ2) is 22.4. The maximum atomic E-state index is 13.9. The third kappa shape index (κ3) is 16.0. The number of aromatic amines is 1. The lowest BCUT2D eigenvalue weighted by Crippen LogP contribution is -2.60. The summed E-state index contributed by atoms with van der Waals surface area (Å²) in [7, 11) is 0. The Hall–Kier alpha value is -6.87. The summed E-state index contributed by atoms with van der Waals surface area (Å²) in [6, 6.07) is 3.08. The zero-order valence-electron chi connectivity index (χ0n) is 30.5. The largest absolute Gasteiger partial charge is 0.368 e. The maximum absolute atomic E-state index is 13.9. The number of aromatic nitrogens is 2. The average molecular weight is 783 g/mol. The molecule has 10 amide bonds. The van der Waals surface area contributed by atoms with Crippen LogP contribution in [0.4, 0.5) is 0 Å². The predicted molar refractivity (Wildman–Crippen MR) is 194 cm³/mol. The Bertz CT molecular complexity index is 1740. The summed E-state index contributed by atoms with van der Waals surface area (Å²) in [5, 5.41) is 22.0. The summed E-state index contributed by atoms with van der Waals surface area (Å²) in [4.78, 5) is 134. The topological polar surface area (TPSA) is 334 Å². The van der Waals surface area contributed by atoms with Crippen LogP contribution in [0.3, 0.4) is 0 Å². The summed E-state index contributed by atoms with van der Waals surface area (Å²) in [5.41, 5.74) is 6.07. The number of benzene rings is 1. The van der Waals surface area contributed by atoms with Gasteiger partial charge in [-0.25, -0.2) is 4.98 Å². The van der Waals surface area contributed by atoms with Gasteiger partial charge in [-0.2, -0.15) is 0 Å². The molecule has 302 valence electrons. The van der Waals surface area contributed by atoms with E-state index < -0.39 is 109 Å². The Morgan fingerprint density at radius 2 is 1.46 bits per heavy atom. The number of nitrogens with one attached hydrogen (secondary N) is 10. The van der Waals surface area contributed by atoms with Crippen LogP contribution < -0.4 is 53.6 Å². The van der Waals surface area contributed by atoms with Gasteiger partial charge in [0.2, 0.25) is 59.1 Å². The number of carbonyl (C=O) groups is 10. The Kier molecular flexibility index (Phi) is 17.4. The van der Waals surface area contributed by atoms with Gasteiger partial charge in [0.05, 0.1) is 31.7 Å². The molecule has 1 aliphatic heterocycles. The van der Waals surface area contributed by atoms with Gasteiger partial charge in [-0.05, 0) is 12.0 Å². The summed E-state index contributed by atoms with van der Waals surface area (Å²) in [6.07, 6.45) is 1.70. The minimum absolute atomic E-state index is 0.0607. The zero-order chi connectivity index (χ0) is 41.0. The van der Waals surface area contributed by atoms with Gasteiger partial charge < -0.3 is 58.6 Å². The normalized spacial score (nSPS) is 20.8. The van der Waals surface area contributed by atoms with Crippen molar-refractivity contribution in [1.82, 2.24) is 57.8 Å². The number of H-pyrrole nitrogens is 1. The fourth-order valence-electron chi connectivity index (χ4n) is 5.16. The highest BCUT2D eigenvalue weighted by molar-refractivity contribution is 5.96. The molecule has 3 rings (SSSR count). The molecular formula is C34H46N12O10. The van der Waals surface area contributed by atoms with E-state index in [0.29, 0.717) is 11.3 Å². The van der Waals surface area contributed by atoms with Crippen LogP contribution in [-0.2, 0) is 60.8 Å². The number of hydrogen-bond donors (Lipinski definition) is 11. The quantitative estimate of drug-likeness (QED) is 0.108. The molecule has 0 saturated carbocycles. The standard InChI is InChI=1S/C34H46N12O10/c1-19(47)38-16-29(51)44-25-14-39-28(50)8-7-27(49)37-10-9-22(31(53)40-15-26(35)48)43-30(52)17-41-32(54)23(11-20-5-3-2-4-6-20)45-33(55)24(46-34(25)56)12-21-13-36-18-42-21/h2-6,13,18,22-25H,7-12,14-17H2,1H3,(H2,35,48)(H,36,42)(H,37,49)(H,38,47)(H,39,50)(H,40,53)(H,41,54)(H,43,52)(H,44,51)(H,45,55)(H,46,56)/t22-,23+,24-,25-/m0/s1. The molecule has 2 aromatic rings. The van der Waals surface area contributed by atoms with E-state index in [2.05, 4.69) is 57.8 Å². The molecule has 0 spiro atoms. The first-order valence-electron chi connectivity index (χ1n) is 17.5. The lowest BCUT2D eigenvalue weighted by atomic mass is 10.0. The molecule has 2 heterocycles. The van der Waals surface area contributed by atoms with E-state index in [1.165, 1.54) is 19.4 Å². The van der Waals surface area contributed by atoms with Gasteiger partial charge in [-0.1, -0.05) is 30.3 Å². The Morgan fingerprint density at radius 1 is 0.786 bits per heavy atom. The molecule has 1 aliphatic rings. The minimum Gasteiger partial charge on any atom is -0.368 e. The van der Waals surface area contributed by atoms with Crippen LogP contribution in [0, 0.1) is 0 Å². The Balaban J connectivity index is 1.94. The summed E-state index contributed by atoms with van der Waals surface area (Å²) < 4.78 is 0. The maximum Gasteiger partial charge on any atom is 0.245 e. The molecule has 4 atom stereocenters. The molecule has 0 aliphatic carbocycles. The van der Waals surface area contributed by atoms with Crippen molar-refractivity contribution in [2.24, 2.45) is 5.73 Å². The SMILES string of the molecule is CC(=O)NCC(=O)N[C@H]1CNC(=O)CCC(=O)NCC[C@@H](C(=O)NCC(N)=O)NC(=O)CNC(=O)[C@@H](Cc2ccccc2)NC(=O)[C@H](Cc2c[nH]cn2)NC1=O. The summed E-state index contributed by atoms with van der Waals surface area (Å²) in [6.45, 7) is -1.17.